The lowest BCUT2D eigenvalue weighted by atomic mass is 10.0. The number of imidazole rings is 1. The molecule has 1 heterocycles. The first kappa shape index (κ1) is 12.1. The Balaban J connectivity index is 2.17. The molecule has 1 atom stereocenters. The quantitative estimate of drug-likeness (QED) is 0.910. The third-order valence-corrected chi connectivity index (χ3v) is 3.28. The summed E-state index contributed by atoms with van der Waals surface area (Å²) in [4.78, 5) is 4.19. The molecule has 90 valence electrons. The number of hydrogen-bond acceptors (Lipinski definition) is 2. The van der Waals surface area contributed by atoms with Crippen LogP contribution >= 0.6 is 11.6 Å². The Morgan fingerprint density at radius 3 is 2.82 bits per heavy atom. The summed E-state index contributed by atoms with van der Waals surface area (Å²) in [6.45, 7) is 1.94. The molecule has 0 radical (unpaired) electrons. The number of aryl methyl sites for hydroxylation is 2. The van der Waals surface area contributed by atoms with Gasteiger partial charge in [0.05, 0.1) is 6.10 Å². The normalized spacial score (nSPS) is 12.7. The van der Waals surface area contributed by atoms with E-state index in [-0.39, 0.29) is 0 Å². The van der Waals surface area contributed by atoms with Crippen molar-refractivity contribution in [2.45, 2.75) is 19.4 Å². The van der Waals surface area contributed by atoms with E-state index >= 15 is 0 Å². The highest BCUT2D eigenvalue weighted by Crippen LogP contribution is 2.23. The fraction of sp³-hybridized carbons (Fsp3) is 0.308. The number of aromatic nitrogens is 2. The Bertz CT molecular complexity index is 522. The first-order valence-electron chi connectivity index (χ1n) is 5.48. The van der Waals surface area contributed by atoms with Crippen LogP contribution in [0.15, 0.2) is 30.6 Å². The summed E-state index contributed by atoms with van der Waals surface area (Å²) in [6, 6.07) is 5.62. The van der Waals surface area contributed by atoms with E-state index < -0.39 is 6.10 Å². The first-order valence-corrected chi connectivity index (χ1v) is 5.86. The molecule has 0 fully saturated rings. The second kappa shape index (κ2) is 4.90. The highest BCUT2D eigenvalue weighted by molar-refractivity contribution is 6.31. The number of nitrogens with zero attached hydrogens (tertiary/aromatic N) is 2. The van der Waals surface area contributed by atoms with Crippen molar-refractivity contribution in [2.24, 2.45) is 7.05 Å². The average Bonchev–Trinajstić information content (AvgIpc) is 2.68. The molecule has 1 unspecified atom stereocenters. The Morgan fingerprint density at radius 2 is 2.24 bits per heavy atom. The highest BCUT2D eigenvalue weighted by atomic mass is 35.5. The van der Waals surface area contributed by atoms with Crippen LogP contribution in [-0.4, -0.2) is 14.7 Å². The van der Waals surface area contributed by atoms with Crippen molar-refractivity contribution >= 4 is 11.6 Å². The molecule has 2 aromatic rings. The van der Waals surface area contributed by atoms with Gasteiger partial charge in [-0.15, -0.1) is 0 Å². The summed E-state index contributed by atoms with van der Waals surface area (Å²) >= 11 is 6.04. The molecule has 1 aromatic heterocycles. The lowest BCUT2D eigenvalue weighted by Crippen LogP contribution is -2.06. The molecule has 0 aliphatic rings. The van der Waals surface area contributed by atoms with Crippen LogP contribution in [0.4, 0.5) is 0 Å². The largest absolute Gasteiger partial charge is 0.388 e. The van der Waals surface area contributed by atoms with Crippen LogP contribution in [0.5, 0.6) is 0 Å². The third-order valence-electron chi connectivity index (χ3n) is 2.88. The van der Waals surface area contributed by atoms with Crippen molar-refractivity contribution in [1.29, 1.82) is 0 Å². The molecular formula is C13H15ClN2O. The maximum absolute atomic E-state index is 10.1. The number of benzene rings is 1. The van der Waals surface area contributed by atoms with Crippen molar-refractivity contribution in [1.82, 2.24) is 9.55 Å². The van der Waals surface area contributed by atoms with Crippen LogP contribution in [0.25, 0.3) is 0 Å². The smallest absolute Gasteiger partial charge is 0.111 e. The minimum atomic E-state index is -0.575. The molecule has 0 saturated carbocycles. The van der Waals surface area contributed by atoms with Gasteiger partial charge in [-0.3, -0.25) is 0 Å². The van der Waals surface area contributed by atoms with Gasteiger partial charge in [-0.2, -0.15) is 0 Å². The van der Waals surface area contributed by atoms with Gasteiger partial charge in [0.1, 0.15) is 5.82 Å². The maximum atomic E-state index is 10.1. The summed E-state index contributed by atoms with van der Waals surface area (Å²) < 4.78 is 1.90. The highest BCUT2D eigenvalue weighted by Gasteiger charge is 2.12. The number of aliphatic hydroxyl groups excluding tert-OH is 1. The molecular weight excluding hydrogens is 236 g/mol. The van der Waals surface area contributed by atoms with Gasteiger partial charge >= 0.3 is 0 Å². The van der Waals surface area contributed by atoms with Crippen LogP contribution in [0.1, 0.15) is 23.1 Å². The van der Waals surface area contributed by atoms with E-state index in [1.54, 1.807) is 6.20 Å². The molecule has 2 rings (SSSR count). The first-order chi connectivity index (χ1) is 8.08. The van der Waals surface area contributed by atoms with Crippen LogP contribution in [0.3, 0.4) is 0 Å². The summed E-state index contributed by atoms with van der Waals surface area (Å²) in [5.74, 6) is 0.856. The molecule has 17 heavy (non-hydrogen) atoms. The number of rotatable bonds is 3. The van der Waals surface area contributed by atoms with Crippen LogP contribution in [-0.2, 0) is 13.5 Å². The van der Waals surface area contributed by atoms with Crippen LogP contribution in [0.2, 0.25) is 5.02 Å². The average molecular weight is 251 g/mol. The van der Waals surface area contributed by atoms with E-state index in [0.717, 1.165) is 17.0 Å². The molecule has 1 aromatic carbocycles. The van der Waals surface area contributed by atoms with Gasteiger partial charge in [-0.05, 0) is 24.1 Å². The Hall–Kier alpha value is -1.32. The van der Waals surface area contributed by atoms with E-state index in [1.807, 2.05) is 42.9 Å². The Morgan fingerprint density at radius 1 is 1.47 bits per heavy atom. The SMILES string of the molecule is Cc1ccc(C(O)Cc2nccn2C)cc1Cl. The van der Waals surface area contributed by atoms with Crippen LogP contribution < -0.4 is 0 Å². The van der Waals surface area contributed by atoms with Crippen LogP contribution in [0, 0.1) is 6.92 Å². The van der Waals surface area contributed by atoms with Gasteiger partial charge in [0.15, 0.2) is 0 Å². The van der Waals surface area contributed by atoms with Crippen molar-refractivity contribution in [2.75, 3.05) is 0 Å². The van der Waals surface area contributed by atoms with Crippen molar-refractivity contribution in [3.63, 3.8) is 0 Å². The van der Waals surface area contributed by atoms with Gasteiger partial charge < -0.3 is 9.67 Å². The summed E-state index contributed by atoms with van der Waals surface area (Å²) in [7, 11) is 1.91. The second-order valence-electron chi connectivity index (χ2n) is 4.18. The van der Waals surface area contributed by atoms with Gasteiger partial charge in [-0.25, -0.2) is 4.98 Å². The van der Waals surface area contributed by atoms with Crippen molar-refractivity contribution in [3.05, 3.63) is 52.6 Å². The Kier molecular flexibility index (Phi) is 3.50. The molecule has 0 aliphatic carbocycles. The molecule has 4 heteroatoms. The zero-order valence-corrected chi connectivity index (χ0v) is 10.6. The van der Waals surface area contributed by atoms with Gasteiger partial charge in [0.2, 0.25) is 0 Å². The Labute approximate surface area is 106 Å². The van der Waals surface area contributed by atoms with Crippen molar-refractivity contribution in [3.8, 4) is 0 Å². The molecule has 3 nitrogen and oxygen atoms in total. The summed E-state index contributed by atoms with van der Waals surface area (Å²) in [6.07, 6.45) is 3.51. The fourth-order valence-corrected chi connectivity index (χ4v) is 1.89. The molecule has 0 aliphatic heterocycles. The van der Waals surface area contributed by atoms with E-state index in [9.17, 15) is 5.11 Å². The van der Waals surface area contributed by atoms with E-state index in [1.165, 1.54) is 0 Å². The molecule has 0 spiro atoms. The molecule has 1 N–H and O–H groups in total. The zero-order valence-electron chi connectivity index (χ0n) is 9.89. The third kappa shape index (κ3) is 2.68. The topological polar surface area (TPSA) is 38.1 Å². The van der Waals surface area contributed by atoms with E-state index in [2.05, 4.69) is 4.98 Å². The predicted molar refractivity (Wildman–Crippen MR) is 68.1 cm³/mol. The fourth-order valence-electron chi connectivity index (χ4n) is 1.70. The minimum absolute atomic E-state index is 0.489. The van der Waals surface area contributed by atoms with Gasteiger partial charge in [0, 0.05) is 30.9 Å². The number of hydrogen-bond donors (Lipinski definition) is 1. The van der Waals surface area contributed by atoms with Crippen molar-refractivity contribution < 1.29 is 5.11 Å². The molecule has 0 bridgehead atoms. The lowest BCUT2D eigenvalue weighted by Gasteiger charge is -2.12. The maximum Gasteiger partial charge on any atom is 0.111 e. The second-order valence-corrected chi connectivity index (χ2v) is 4.59. The lowest BCUT2D eigenvalue weighted by molar-refractivity contribution is 0.175. The predicted octanol–water partition coefficient (Wildman–Crippen LogP) is 2.66. The molecule has 0 saturated heterocycles. The van der Waals surface area contributed by atoms with Gasteiger partial charge in [0.25, 0.3) is 0 Å². The van der Waals surface area contributed by atoms with E-state index in [0.29, 0.717) is 11.4 Å². The monoisotopic (exact) mass is 250 g/mol. The molecule has 0 amide bonds. The van der Waals surface area contributed by atoms with E-state index in [4.69, 9.17) is 11.6 Å². The number of halogens is 1. The number of aliphatic hydroxyl groups is 1. The van der Waals surface area contributed by atoms with Gasteiger partial charge in [-0.1, -0.05) is 23.7 Å². The summed E-state index contributed by atoms with van der Waals surface area (Å²) in [5.41, 5.74) is 1.84. The zero-order chi connectivity index (χ0) is 12.4. The standard InChI is InChI=1S/C13H15ClN2O/c1-9-3-4-10(7-11(9)14)12(17)8-13-15-5-6-16(13)2/h3-7,12,17H,8H2,1-2H3. The minimum Gasteiger partial charge on any atom is -0.388 e. The summed E-state index contributed by atoms with van der Waals surface area (Å²) in [5, 5.41) is 10.8.